The first kappa shape index (κ1) is 15.3. The maximum absolute atomic E-state index is 5.56. The van der Waals surface area contributed by atoms with Crippen LogP contribution in [0.3, 0.4) is 0 Å². The molecule has 3 nitrogen and oxygen atoms in total. The zero-order valence-corrected chi connectivity index (χ0v) is 12.2. The average molecular weight is 253 g/mol. The Morgan fingerprint density at radius 1 is 1.39 bits per heavy atom. The van der Waals surface area contributed by atoms with Gasteiger partial charge in [0.15, 0.2) is 0 Å². The topological polar surface area (TPSA) is 34.4 Å². The number of hydrogen-bond acceptors (Lipinski definition) is 3. The molecule has 3 heteroatoms. The minimum atomic E-state index is 0.369. The van der Waals surface area contributed by atoms with Gasteiger partial charge in [-0.2, -0.15) is 0 Å². The summed E-state index contributed by atoms with van der Waals surface area (Å²) in [6.45, 7) is 8.46. The van der Waals surface area contributed by atoms with E-state index in [9.17, 15) is 0 Å². The molecule has 1 N–H and O–H groups in total. The molecule has 1 heterocycles. The molecule has 2 atom stereocenters. The summed E-state index contributed by atoms with van der Waals surface area (Å²) >= 11 is 0. The molecule has 0 fully saturated rings. The molecule has 1 aromatic rings. The van der Waals surface area contributed by atoms with E-state index in [0.29, 0.717) is 12.0 Å². The molecule has 0 amide bonds. The summed E-state index contributed by atoms with van der Waals surface area (Å²) in [7, 11) is 1.76. The molecule has 0 saturated carbocycles. The second kappa shape index (κ2) is 8.33. The summed E-state index contributed by atoms with van der Waals surface area (Å²) < 4.78 is 10.7. The molecule has 0 aliphatic rings. The highest BCUT2D eigenvalue weighted by molar-refractivity contribution is 5.22. The molecule has 0 spiro atoms. The second-order valence-corrected chi connectivity index (χ2v) is 4.84. The van der Waals surface area contributed by atoms with Crippen LogP contribution in [0.5, 0.6) is 0 Å². The van der Waals surface area contributed by atoms with Crippen molar-refractivity contribution in [2.75, 3.05) is 20.3 Å². The average Bonchev–Trinajstić information content (AvgIpc) is 2.85. The Labute approximate surface area is 111 Å². The maximum Gasteiger partial charge on any atom is 0.108 e. The molecular weight excluding hydrogens is 226 g/mol. The van der Waals surface area contributed by atoms with Crippen molar-refractivity contribution in [1.29, 1.82) is 0 Å². The Hall–Kier alpha value is -0.800. The molecule has 1 rings (SSSR count). The van der Waals surface area contributed by atoms with Crippen molar-refractivity contribution >= 4 is 0 Å². The van der Waals surface area contributed by atoms with Crippen LogP contribution in [0.2, 0.25) is 0 Å². The van der Waals surface area contributed by atoms with E-state index in [0.717, 1.165) is 38.2 Å². The molecule has 0 aromatic carbocycles. The summed E-state index contributed by atoms with van der Waals surface area (Å²) in [5.74, 6) is 1.65. The highest BCUT2D eigenvalue weighted by atomic mass is 16.5. The summed E-state index contributed by atoms with van der Waals surface area (Å²) in [5.41, 5.74) is 1.31. The fourth-order valence-electron chi connectivity index (χ4n) is 2.30. The zero-order chi connectivity index (χ0) is 13.4. The maximum atomic E-state index is 5.56. The fraction of sp³-hybridized carbons (Fsp3) is 0.733. The van der Waals surface area contributed by atoms with Crippen LogP contribution >= 0.6 is 0 Å². The molecule has 18 heavy (non-hydrogen) atoms. The van der Waals surface area contributed by atoms with Crippen LogP contribution in [0, 0.1) is 5.92 Å². The van der Waals surface area contributed by atoms with Crippen LogP contribution in [0.25, 0.3) is 0 Å². The van der Waals surface area contributed by atoms with Crippen LogP contribution in [-0.4, -0.2) is 20.3 Å². The van der Waals surface area contributed by atoms with Crippen molar-refractivity contribution in [2.24, 2.45) is 5.92 Å². The van der Waals surface area contributed by atoms with Crippen molar-refractivity contribution in [3.8, 4) is 0 Å². The first-order valence-electron chi connectivity index (χ1n) is 7.03. The molecule has 0 aliphatic carbocycles. The van der Waals surface area contributed by atoms with E-state index in [2.05, 4.69) is 32.2 Å². The number of aryl methyl sites for hydroxylation is 1. The van der Waals surface area contributed by atoms with Gasteiger partial charge in [-0.25, -0.2) is 0 Å². The zero-order valence-electron chi connectivity index (χ0n) is 12.2. The SMILES string of the molecule is CCCNC(c1ccoc1CC)C(C)CCOC. The quantitative estimate of drug-likeness (QED) is 0.730. The Morgan fingerprint density at radius 3 is 2.78 bits per heavy atom. The van der Waals surface area contributed by atoms with Gasteiger partial charge in [0.1, 0.15) is 5.76 Å². The molecule has 104 valence electrons. The summed E-state index contributed by atoms with van der Waals surface area (Å²) in [6, 6.07) is 2.48. The lowest BCUT2D eigenvalue weighted by Crippen LogP contribution is -2.28. The number of methoxy groups -OCH3 is 1. The first-order chi connectivity index (χ1) is 8.74. The van der Waals surface area contributed by atoms with Gasteiger partial charge in [-0.15, -0.1) is 0 Å². The van der Waals surface area contributed by atoms with Gasteiger partial charge in [0.25, 0.3) is 0 Å². The third-order valence-corrected chi connectivity index (χ3v) is 3.40. The minimum absolute atomic E-state index is 0.369. The highest BCUT2D eigenvalue weighted by Crippen LogP contribution is 2.28. The van der Waals surface area contributed by atoms with Crippen LogP contribution in [-0.2, 0) is 11.2 Å². The Morgan fingerprint density at radius 2 is 2.17 bits per heavy atom. The van der Waals surface area contributed by atoms with Gasteiger partial charge >= 0.3 is 0 Å². The largest absolute Gasteiger partial charge is 0.469 e. The van der Waals surface area contributed by atoms with Gasteiger partial charge in [0, 0.05) is 31.7 Å². The summed E-state index contributed by atoms with van der Waals surface area (Å²) in [5, 5.41) is 3.64. The van der Waals surface area contributed by atoms with Crippen LogP contribution < -0.4 is 5.32 Å². The monoisotopic (exact) mass is 253 g/mol. The van der Waals surface area contributed by atoms with Crippen molar-refractivity contribution in [2.45, 2.75) is 46.1 Å². The number of nitrogens with one attached hydrogen (secondary N) is 1. The van der Waals surface area contributed by atoms with Crippen LogP contribution in [0.1, 0.15) is 51.0 Å². The number of furan rings is 1. The summed E-state index contributed by atoms with van der Waals surface area (Å²) in [4.78, 5) is 0. The lowest BCUT2D eigenvalue weighted by atomic mass is 9.91. The Bertz CT molecular complexity index is 322. The minimum Gasteiger partial charge on any atom is -0.469 e. The Kier molecular flexibility index (Phi) is 7.06. The molecule has 0 saturated heterocycles. The molecule has 0 bridgehead atoms. The van der Waals surface area contributed by atoms with E-state index in [1.54, 1.807) is 13.4 Å². The summed E-state index contributed by atoms with van der Waals surface area (Å²) in [6.07, 6.45) is 4.96. The second-order valence-electron chi connectivity index (χ2n) is 4.84. The van der Waals surface area contributed by atoms with Gasteiger partial charge in [-0.3, -0.25) is 0 Å². The smallest absolute Gasteiger partial charge is 0.108 e. The first-order valence-corrected chi connectivity index (χ1v) is 7.03. The molecule has 0 aliphatic heterocycles. The van der Waals surface area contributed by atoms with Gasteiger partial charge in [0.05, 0.1) is 6.26 Å². The van der Waals surface area contributed by atoms with E-state index >= 15 is 0 Å². The molecule has 2 unspecified atom stereocenters. The number of hydrogen-bond donors (Lipinski definition) is 1. The highest BCUT2D eigenvalue weighted by Gasteiger charge is 2.22. The van der Waals surface area contributed by atoms with E-state index in [-0.39, 0.29) is 0 Å². The number of rotatable bonds is 9. The molecular formula is C15H27NO2. The van der Waals surface area contributed by atoms with E-state index in [4.69, 9.17) is 9.15 Å². The van der Waals surface area contributed by atoms with Gasteiger partial charge in [-0.05, 0) is 31.4 Å². The van der Waals surface area contributed by atoms with E-state index < -0.39 is 0 Å². The van der Waals surface area contributed by atoms with Crippen molar-refractivity contribution in [3.63, 3.8) is 0 Å². The van der Waals surface area contributed by atoms with Crippen molar-refractivity contribution in [3.05, 3.63) is 23.7 Å². The van der Waals surface area contributed by atoms with Crippen molar-refractivity contribution in [1.82, 2.24) is 5.32 Å². The molecule has 0 radical (unpaired) electrons. The van der Waals surface area contributed by atoms with Crippen LogP contribution in [0.15, 0.2) is 16.7 Å². The van der Waals surface area contributed by atoms with E-state index in [1.807, 2.05) is 0 Å². The predicted molar refractivity (Wildman–Crippen MR) is 74.8 cm³/mol. The molecule has 1 aromatic heterocycles. The fourth-order valence-corrected chi connectivity index (χ4v) is 2.30. The lowest BCUT2D eigenvalue weighted by Gasteiger charge is -2.25. The Balaban J connectivity index is 2.76. The van der Waals surface area contributed by atoms with Gasteiger partial charge in [0.2, 0.25) is 0 Å². The number of ether oxygens (including phenoxy) is 1. The lowest BCUT2D eigenvalue weighted by molar-refractivity contribution is 0.170. The van der Waals surface area contributed by atoms with Crippen LogP contribution in [0.4, 0.5) is 0 Å². The predicted octanol–water partition coefficient (Wildman–Crippen LogP) is 3.56. The van der Waals surface area contributed by atoms with E-state index in [1.165, 1.54) is 5.56 Å². The standard InChI is InChI=1S/C15H27NO2/c1-5-9-16-15(12(3)7-10-17-4)13-8-11-18-14(13)6-2/h8,11-12,15-16H,5-7,9-10H2,1-4H3. The third-order valence-electron chi connectivity index (χ3n) is 3.40. The van der Waals surface area contributed by atoms with Gasteiger partial charge < -0.3 is 14.5 Å². The van der Waals surface area contributed by atoms with Gasteiger partial charge in [-0.1, -0.05) is 20.8 Å². The third kappa shape index (κ3) is 4.14. The van der Waals surface area contributed by atoms with Crippen molar-refractivity contribution < 1.29 is 9.15 Å². The normalized spacial score (nSPS) is 14.7.